The van der Waals surface area contributed by atoms with Gasteiger partial charge in [-0.1, -0.05) is 22.6 Å². The van der Waals surface area contributed by atoms with Crippen molar-refractivity contribution in [3.8, 4) is 0 Å². The molecule has 0 radical (unpaired) electrons. The van der Waals surface area contributed by atoms with Gasteiger partial charge in [-0.05, 0) is 25.9 Å². The Labute approximate surface area is 65.4 Å². The van der Waals surface area contributed by atoms with Crippen molar-refractivity contribution in [1.82, 2.24) is 4.81 Å². The number of halogens is 1. The number of piperidine rings is 1. The molecule has 0 bridgehead atoms. The molecule has 0 aromatic carbocycles. The van der Waals surface area contributed by atoms with E-state index >= 15 is 0 Å². The molecule has 0 N–H and O–H groups in total. The molecule has 46 valence electrons. The van der Waals surface area contributed by atoms with Crippen LogP contribution in [0.5, 0.6) is 0 Å². The molecule has 0 aromatic heterocycles. The third-order valence-corrected chi connectivity index (χ3v) is 2.58. The average Bonchev–Trinajstić information content (AvgIpc) is 1.64. The molecule has 3 heteroatoms. The topological polar surface area (TPSA) is 3.24 Å². The summed E-state index contributed by atoms with van der Waals surface area (Å²) in [5, 5.41) is 0. The molecule has 8 heavy (non-hydrogen) atoms. The standard InChI is InChI=1S/C5H11BIN/c6-8-3-1-2-5(7)4-8/h5H,1-4,6H2. The van der Waals surface area contributed by atoms with Crippen LogP contribution in [0.1, 0.15) is 12.8 Å². The third kappa shape index (κ3) is 1.93. The van der Waals surface area contributed by atoms with E-state index in [1.165, 1.54) is 25.9 Å². The fraction of sp³-hybridized carbons (Fsp3) is 1.00. The molecule has 1 fully saturated rings. The van der Waals surface area contributed by atoms with Gasteiger partial charge in [-0.3, -0.25) is 0 Å². The zero-order chi connectivity index (χ0) is 5.98. The van der Waals surface area contributed by atoms with E-state index in [0.717, 1.165) is 3.92 Å². The van der Waals surface area contributed by atoms with Crippen LogP contribution in [0, 0.1) is 0 Å². The van der Waals surface area contributed by atoms with Crippen molar-refractivity contribution in [2.45, 2.75) is 16.8 Å². The van der Waals surface area contributed by atoms with Crippen LogP contribution in [0.25, 0.3) is 0 Å². The molecule has 0 aromatic rings. The molecule has 1 aliphatic rings. The minimum atomic E-state index is 0.909. The smallest absolute Gasteiger partial charge is 0.185 e. The minimum absolute atomic E-state index is 0.909. The van der Waals surface area contributed by atoms with Crippen molar-refractivity contribution < 1.29 is 0 Å². The Bertz CT molecular complexity index is 70.8. The van der Waals surface area contributed by atoms with Crippen LogP contribution < -0.4 is 0 Å². The lowest BCUT2D eigenvalue weighted by molar-refractivity contribution is 0.383. The van der Waals surface area contributed by atoms with Gasteiger partial charge in [0.2, 0.25) is 0 Å². The average molecular weight is 223 g/mol. The van der Waals surface area contributed by atoms with Crippen molar-refractivity contribution in [2.24, 2.45) is 0 Å². The molecule has 0 aliphatic carbocycles. The zero-order valence-electron chi connectivity index (χ0n) is 5.23. The molecule has 1 heterocycles. The molecule has 1 rings (SSSR count). The van der Waals surface area contributed by atoms with Crippen molar-refractivity contribution in [1.29, 1.82) is 0 Å². The van der Waals surface area contributed by atoms with E-state index in [2.05, 4.69) is 35.4 Å². The first-order valence-corrected chi connectivity index (χ1v) is 4.36. The normalized spacial score (nSPS) is 32.9. The van der Waals surface area contributed by atoms with Crippen LogP contribution in [-0.2, 0) is 0 Å². The number of rotatable bonds is 0. The Hall–Kier alpha value is 0.755. The summed E-state index contributed by atoms with van der Waals surface area (Å²) in [4.78, 5) is 2.40. The first kappa shape index (κ1) is 6.87. The van der Waals surface area contributed by atoms with Crippen LogP contribution in [0.15, 0.2) is 0 Å². The SMILES string of the molecule is BN1CCCC(I)C1. The highest BCUT2D eigenvalue weighted by Crippen LogP contribution is 2.14. The van der Waals surface area contributed by atoms with Gasteiger partial charge in [0, 0.05) is 3.92 Å². The Morgan fingerprint density at radius 1 is 1.62 bits per heavy atom. The molecule has 0 saturated carbocycles. The largest absolute Gasteiger partial charge is 0.348 e. The maximum absolute atomic E-state index is 2.53. The summed E-state index contributed by atoms with van der Waals surface area (Å²) < 4.78 is 0.909. The number of nitrogens with zero attached hydrogens (tertiary/aromatic N) is 1. The van der Waals surface area contributed by atoms with Crippen LogP contribution >= 0.6 is 22.6 Å². The fourth-order valence-corrected chi connectivity index (χ4v) is 2.22. The maximum Gasteiger partial charge on any atom is 0.185 e. The van der Waals surface area contributed by atoms with Crippen LogP contribution in [0.2, 0.25) is 0 Å². The highest BCUT2D eigenvalue weighted by atomic mass is 127. The molecule has 1 unspecified atom stereocenters. The summed E-state index contributed by atoms with van der Waals surface area (Å²) in [6, 6.07) is 0. The number of hydrogen-bond donors (Lipinski definition) is 0. The van der Waals surface area contributed by atoms with E-state index in [-0.39, 0.29) is 0 Å². The minimum Gasteiger partial charge on any atom is -0.348 e. The van der Waals surface area contributed by atoms with Gasteiger partial charge in [0.1, 0.15) is 0 Å². The zero-order valence-corrected chi connectivity index (χ0v) is 7.39. The number of hydrogen-bond acceptors (Lipinski definition) is 1. The second kappa shape index (κ2) is 3.06. The van der Waals surface area contributed by atoms with E-state index in [1.807, 2.05) is 0 Å². The predicted octanol–water partition coefficient (Wildman–Crippen LogP) is 0.434. The molecule has 0 spiro atoms. The summed E-state index contributed by atoms with van der Waals surface area (Å²) >= 11 is 2.53. The van der Waals surface area contributed by atoms with Gasteiger partial charge < -0.3 is 4.81 Å². The van der Waals surface area contributed by atoms with E-state index in [1.54, 1.807) is 0 Å². The summed E-state index contributed by atoms with van der Waals surface area (Å²) in [5.74, 6) is 0. The van der Waals surface area contributed by atoms with E-state index in [4.69, 9.17) is 0 Å². The Balaban J connectivity index is 2.23. The molecule has 1 atom stereocenters. The number of alkyl halides is 1. The highest BCUT2D eigenvalue weighted by molar-refractivity contribution is 14.1. The van der Waals surface area contributed by atoms with Crippen LogP contribution in [-0.4, -0.2) is 29.8 Å². The first-order chi connectivity index (χ1) is 3.79. The van der Waals surface area contributed by atoms with Crippen molar-refractivity contribution in [2.75, 3.05) is 13.1 Å². The van der Waals surface area contributed by atoms with E-state index in [0.29, 0.717) is 0 Å². The second-order valence-electron chi connectivity index (χ2n) is 2.50. The summed E-state index contributed by atoms with van der Waals surface area (Å²) in [7, 11) is 2.20. The second-order valence-corrected chi connectivity index (χ2v) is 4.26. The van der Waals surface area contributed by atoms with E-state index < -0.39 is 0 Å². The van der Waals surface area contributed by atoms with Gasteiger partial charge in [-0.15, -0.1) is 0 Å². The molecular formula is C5H11BIN. The molecule has 1 saturated heterocycles. The van der Waals surface area contributed by atoms with Crippen molar-refractivity contribution in [3.63, 3.8) is 0 Å². The lowest BCUT2D eigenvalue weighted by Crippen LogP contribution is -2.33. The summed E-state index contributed by atoms with van der Waals surface area (Å²) in [6.07, 6.45) is 2.81. The molecule has 0 amide bonds. The first-order valence-electron chi connectivity index (χ1n) is 3.11. The lowest BCUT2D eigenvalue weighted by Gasteiger charge is -2.26. The Morgan fingerprint density at radius 2 is 2.38 bits per heavy atom. The van der Waals surface area contributed by atoms with Crippen molar-refractivity contribution in [3.05, 3.63) is 0 Å². The van der Waals surface area contributed by atoms with Gasteiger partial charge in [-0.25, -0.2) is 0 Å². The summed E-state index contributed by atoms with van der Waals surface area (Å²) in [6.45, 7) is 2.60. The predicted molar refractivity (Wildman–Crippen MR) is 47.2 cm³/mol. The van der Waals surface area contributed by atoms with Crippen molar-refractivity contribution >= 4 is 30.6 Å². The Kier molecular flexibility index (Phi) is 2.63. The fourth-order valence-electron chi connectivity index (χ4n) is 1.10. The van der Waals surface area contributed by atoms with Gasteiger partial charge in [0.05, 0.1) is 0 Å². The Morgan fingerprint density at radius 3 is 2.75 bits per heavy atom. The van der Waals surface area contributed by atoms with Gasteiger partial charge >= 0.3 is 0 Å². The van der Waals surface area contributed by atoms with E-state index in [9.17, 15) is 0 Å². The van der Waals surface area contributed by atoms with Gasteiger partial charge in [-0.2, -0.15) is 0 Å². The highest BCUT2D eigenvalue weighted by Gasteiger charge is 2.12. The molecular weight excluding hydrogens is 212 g/mol. The van der Waals surface area contributed by atoms with Crippen LogP contribution in [0.4, 0.5) is 0 Å². The quantitative estimate of drug-likeness (QED) is 0.327. The molecule has 1 aliphatic heterocycles. The maximum atomic E-state index is 2.53. The molecule has 1 nitrogen and oxygen atoms in total. The van der Waals surface area contributed by atoms with Crippen LogP contribution in [0.3, 0.4) is 0 Å². The third-order valence-electron chi connectivity index (χ3n) is 1.57. The van der Waals surface area contributed by atoms with Gasteiger partial charge in [0.15, 0.2) is 7.98 Å². The monoisotopic (exact) mass is 223 g/mol. The van der Waals surface area contributed by atoms with Gasteiger partial charge in [0.25, 0.3) is 0 Å². The lowest BCUT2D eigenvalue weighted by atomic mass is 10.1. The summed E-state index contributed by atoms with van der Waals surface area (Å²) in [5.41, 5.74) is 0.